The lowest BCUT2D eigenvalue weighted by Crippen LogP contribution is -2.44. The highest BCUT2D eigenvalue weighted by Crippen LogP contribution is 2.52. The van der Waals surface area contributed by atoms with E-state index in [1.807, 2.05) is 0 Å². The number of alkyl halides is 3. The lowest BCUT2D eigenvalue weighted by atomic mass is 9.74. The zero-order valence-electron chi connectivity index (χ0n) is 76.8. The number of carbonyl (C=O) groups excluding carboxylic acids is 4. The van der Waals surface area contributed by atoms with Crippen LogP contribution in [0, 0.1) is 29.6 Å². The first-order valence-electron chi connectivity index (χ1n) is 48.1. The minimum Gasteiger partial charge on any atom is -0.456 e. The Labute approximate surface area is 739 Å². The number of piperidine rings is 1. The molecule has 4 N–H and O–H groups in total. The van der Waals surface area contributed by atoms with Gasteiger partial charge in [0.25, 0.3) is 25.9 Å². The smallest absolute Gasteiger partial charge is 0.401 e. The van der Waals surface area contributed by atoms with Crippen molar-refractivity contribution in [3.63, 3.8) is 0 Å². The molecule has 5 saturated heterocycles. The zero-order valence-corrected chi connectivity index (χ0v) is 76.8. The van der Waals surface area contributed by atoms with Gasteiger partial charge in [-0.05, 0) is 281 Å². The summed E-state index contributed by atoms with van der Waals surface area (Å²) in [7, 11) is 0. The summed E-state index contributed by atoms with van der Waals surface area (Å²) in [5.41, 5.74) is 12.0. The third kappa shape index (κ3) is 25.8. The Morgan fingerprint density at radius 3 is 0.952 bits per heavy atom. The van der Waals surface area contributed by atoms with Crippen molar-refractivity contribution in [2.24, 2.45) is 29.6 Å². The SMILES string of the molecule is CC(C)CN(c1ccc(C2(OC=O)CCC2)cc1NC(C)C)C1CCOCC1.CC(C)CN(c1ccc(C2(OC=O)CCC2)cc1NC1CCCCC1)C1CCOCC1.CC(C)CN(c1ccc(C2(OC=O)CCC2)cc1NC1CCN(CC(F)(F)F)CC1)C1CCOCC1.CC(C)CN(c1ccc(C2(OC=O)CCC2)cc1NCC1CC1)C1CCOCC1. The molecule has 5 heterocycles. The first kappa shape index (κ1) is 95.8. The van der Waals surface area contributed by atoms with Gasteiger partial charge < -0.3 is 78.8 Å². The van der Waals surface area contributed by atoms with Crippen molar-refractivity contribution >= 4 is 71.4 Å². The van der Waals surface area contributed by atoms with Gasteiger partial charge in [-0.25, -0.2) is 0 Å². The zero-order chi connectivity index (χ0) is 87.9. The molecule has 4 aromatic carbocycles. The highest BCUT2D eigenvalue weighted by atomic mass is 19.4. The van der Waals surface area contributed by atoms with Crippen LogP contribution in [0.25, 0.3) is 0 Å². The Morgan fingerprint density at radius 1 is 0.387 bits per heavy atom. The van der Waals surface area contributed by atoms with Crippen LogP contribution in [-0.4, -0.2) is 184 Å². The lowest BCUT2D eigenvalue weighted by molar-refractivity contribution is -0.156. The molecule has 15 rings (SSSR count). The summed E-state index contributed by atoms with van der Waals surface area (Å²) in [5, 5.41) is 15.0. The first-order valence-corrected chi connectivity index (χ1v) is 48.1. The van der Waals surface area contributed by atoms with Crippen molar-refractivity contribution in [1.29, 1.82) is 0 Å². The maximum atomic E-state index is 12.9. The largest absolute Gasteiger partial charge is 0.456 e. The number of nitrogens with zero attached hydrogens (tertiary/aromatic N) is 5. The van der Waals surface area contributed by atoms with E-state index in [2.05, 4.69) is 183 Å². The number of hydrogen-bond acceptors (Lipinski definition) is 21. The van der Waals surface area contributed by atoms with Crippen LogP contribution in [0.4, 0.5) is 58.7 Å². The molecule has 21 nitrogen and oxygen atoms in total. The summed E-state index contributed by atoms with van der Waals surface area (Å²) in [6.07, 6.45) is 26.0. The molecule has 6 saturated carbocycles. The molecule has 0 aromatic heterocycles. The number of hydrogen-bond donors (Lipinski definition) is 4. The van der Waals surface area contributed by atoms with Gasteiger partial charge in [0.2, 0.25) is 0 Å². The number of benzene rings is 4. The summed E-state index contributed by atoms with van der Waals surface area (Å²) >= 11 is 0. The topological polar surface area (TPSA) is 206 Å². The first-order chi connectivity index (χ1) is 59.9. The van der Waals surface area contributed by atoms with Gasteiger partial charge in [-0.15, -0.1) is 0 Å². The Balaban J connectivity index is 0.000000151. The monoisotopic (exact) mass is 1730 g/mol. The maximum absolute atomic E-state index is 12.9. The van der Waals surface area contributed by atoms with Crippen LogP contribution < -0.4 is 40.9 Å². The van der Waals surface area contributed by atoms with E-state index in [4.69, 9.17) is 37.9 Å². The molecule has 0 unspecified atom stereocenters. The fraction of sp³-hybridized carbons (Fsp3) is 0.720. The second-order valence-electron chi connectivity index (χ2n) is 39.6. The number of nitrogens with one attached hydrogen (secondary N) is 4. The molecule has 0 atom stereocenters. The molecule has 4 aromatic rings. The molecule has 124 heavy (non-hydrogen) atoms. The molecule has 6 aliphatic carbocycles. The molecule has 0 bridgehead atoms. The standard InChI is InChI=1S/C27H40F3N3O3.C26H40N2O3.C24H36N2O3.C23H36N2O3/c1-20(2)17-33(23-8-14-35-15-9-23)25-5-4-21(26(36-19-34)10-3-11-26)16-24(25)31-22-6-12-32(13-7-22)18-27(28,29)30;1-20(2)18-28(23-11-15-30-16-12-23)25-10-9-21(26(31-19-29)13-6-14-26)17-24(25)27-22-7-4-3-5-8-22;1-18(2)16-26(21-8-12-28-13-9-21)23-7-6-20(24(29-17-27)10-3-11-24)14-22(23)25-15-19-4-5-19;1-17(2)15-25(20-8-12-27-13-9-20)22-7-6-19(14-21(22)24-18(3)4)23(28-16-26)10-5-11-23/h4-5,16,19-20,22-23,31H,3,6-15,17-18H2,1-2H3;9-10,17,19-20,22-23,27H,3-8,11-16,18H2,1-2H3;6-7,14,17-19,21,25H,3-5,8-13,15-16H2,1-2H3;6-7,14,16-18,20,24H,5,8-13,15H2,1-4H3. The van der Waals surface area contributed by atoms with E-state index in [0.717, 1.165) is 259 Å². The average molecular weight is 1730 g/mol. The van der Waals surface area contributed by atoms with Gasteiger partial charge in [0.05, 0.1) is 52.0 Å². The van der Waals surface area contributed by atoms with Gasteiger partial charge in [0.15, 0.2) is 0 Å². The normalized spacial score (nSPS) is 21.2. The summed E-state index contributed by atoms with van der Waals surface area (Å²) in [5.74, 6) is 3.01. The molecule has 11 aliphatic rings. The number of likely N-dealkylation sites (tertiary alicyclic amines) is 1. The van der Waals surface area contributed by atoms with Crippen LogP contribution in [0.2, 0.25) is 0 Å². The van der Waals surface area contributed by atoms with Crippen LogP contribution in [0.5, 0.6) is 0 Å². The van der Waals surface area contributed by atoms with Gasteiger partial charge in [0.1, 0.15) is 22.4 Å². The number of halogens is 3. The van der Waals surface area contributed by atoms with Crippen molar-refractivity contribution < 1.29 is 70.2 Å². The van der Waals surface area contributed by atoms with Crippen molar-refractivity contribution in [2.45, 2.75) is 326 Å². The molecule has 0 radical (unpaired) electrons. The van der Waals surface area contributed by atoms with Gasteiger partial charge >= 0.3 is 6.18 Å². The molecule has 690 valence electrons. The third-order valence-corrected chi connectivity index (χ3v) is 27.9. The van der Waals surface area contributed by atoms with Gasteiger partial charge in [-0.1, -0.05) is 98.9 Å². The van der Waals surface area contributed by atoms with Gasteiger partial charge in [-0.3, -0.25) is 24.1 Å². The molecular formula is C100H152F3N9O12. The Kier molecular flexibility index (Phi) is 35.3. The minimum absolute atomic E-state index is 0.0865. The number of ether oxygens (including phenoxy) is 8. The van der Waals surface area contributed by atoms with Crippen molar-refractivity contribution in [3.8, 4) is 0 Å². The van der Waals surface area contributed by atoms with Crippen molar-refractivity contribution in [2.75, 3.05) is 146 Å². The van der Waals surface area contributed by atoms with E-state index in [9.17, 15) is 32.3 Å². The molecule has 0 spiro atoms. The Morgan fingerprint density at radius 2 is 0.677 bits per heavy atom. The van der Waals surface area contributed by atoms with Crippen LogP contribution in [-0.2, 0) is 79.5 Å². The van der Waals surface area contributed by atoms with E-state index in [1.165, 1.54) is 78.3 Å². The molecule has 11 fully saturated rings. The fourth-order valence-electron chi connectivity index (χ4n) is 20.4. The highest BCUT2D eigenvalue weighted by molar-refractivity contribution is 5.76. The van der Waals surface area contributed by atoms with Crippen LogP contribution in [0.15, 0.2) is 72.8 Å². The van der Waals surface area contributed by atoms with Crippen LogP contribution in [0.1, 0.15) is 278 Å². The number of anilines is 8. The maximum Gasteiger partial charge on any atom is 0.401 e. The molecule has 5 aliphatic heterocycles. The lowest BCUT2D eigenvalue weighted by Gasteiger charge is -2.42. The molecule has 0 amide bonds. The summed E-state index contributed by atoms with van der Waals surface area (Å²) in [4.78, 5) is 56.5. The summed E-state index contributed by atoms with van der Waals surface area (Å²) in [6.45, 7) is 36.5. The number of rotatable bonds is 38. The van der Waals surface area contributed by atoms with E-state index >= 15 is 0 Å². The Bertz CT molecular complexity index is 3920. The molecular weight excluding hydrogens is 1580 g/mol. The summed E-state index contributed by atoms with van der Waals surface area (Å²) in [6, 6.07) is 29.3. The number of carbonyl (C=O) groups is 4. The molecule has 24 heteroatoms. The van der Waals surface area contributed by atoms with Crippen molar-refractivity contribution in [3.05, 3.63) is 95.1 Å². The Hall–Kier alpha value is -7.25. The van der Waals surface area contributed by atoms with Gasteiger partial charge in [-0.2, -0.15) is 13.2 Å². The van der Waals surface area contributed by atoms with Gasteiger partial charge in [0, 0.05) is 141 Å². The predicted molar refractivity (Wildman–Crippen MR) is 490 cm³/mol. The van der Waals surface area contributed by atoms with E-state index in [-0.39, 0.29) is 6.04 Å². The third-order valence-electron chi connectivity index (χ3n) is 27.9. The van der Waals surface area contributed by atoms with Crippen LogP contribution >= 0.6 is 0 Å². The van der Waals surface area contributed by atoms with E-state index < -0.39 is 35.1 Å². The quantitative estimate of drug-likeness (QED) is 0.0243. The predicted octanol–water partition coefficient (Wildman–Crippen LogP) is 20.3. The van der Waals surface area contributed by atoms with Crippen LogP contribution in [0.3, 0.4) is 0 Å². The van der Waals surface area contributed by atoms with Crippen molar-refractivity contribution in [1.82, 2.24) is 4.90 Å². The van der Waals surface area contributed by atoms with E-state index in [0.29, 0.717) is 112 Å². The fourth-order valence-corrected chi connectivity index (χ4v) is 20.4. The second-order valence-corrected chi connectivity index (χ2v) is 39.6. The highest BCUT2D eigenvalue weighted by Gasteiger charge is 2.46. The second kappa shape index (κ2) is 45.6. The minimum atomic E-state index is -4.17. The average Bonchev–Trinajstić information content (AvgIpc) is 1.64. The van der Waals surface area contributed by atoms with E-state index in [1.54, 1.807) is 0 Å². The summed E-state index contributed by atoms with van der Waals surface area (Å²) < 4.78 is 83.5.